The van der Waals surface area contributed by atoms with E-state index in [4.69, 9.17) is 0 Å². The van der Waals surface area contributed by atoms with E-state index in [2.05, 4.69) is 20.2 Å². The number of nitrogens with one attached hydrogen (secondary N) is 1. The highest BCUT2D eigenvalue weighted by Gasteiger charge is 2.21. The van der Waals surface area contributed by atoms with Crippen LogP contribution in [-0.4, -0.2) is 35.6 Å². The van der Waals surface area contributed by atoms with Crippen molar-refractivity contribution in [1.82, 2.24) is 24.7 Å². The second kappa shape index (κ2) is 9.40. The zero-order chi connectivity index (χ0) is 24.4. The van der Waals surface area contributed by atoms with E-state index in [0.29, 0.717) is 16.9 Å². The third kappa shape index (κ3) is 4.37. The zero-order valence-corrected chi connectivity index (χ0v) is 18.8. The smallest absolute Gasteiger partial charge is 0.196 e. The van der Waals surface area contributed by atoms with Gasteiger partial charge in [-0.05, 0) is 24.3 Å². The molecule has 0 aliphatic rings. The summed E-state index contributed by atoms with van der Waals surface area (Å²) in [5.74, 6) is -1.20. The Kier molecular flexibility index (Phi) is 5.99. The van der Waals surface area contributed by atoms with Gasteiger partial charge >= 0.3 is 0 Å². The summed E-state index contributed by atoms with van der Waals surface area (Å²) in [6.07, 6.45) is 0. The van der Waals surface area contributed by atoms with Gasteiger partial charge in [-0.25, -0.2) is 13.8 Å². The number of benzene rings is 3. The Morgan fingerprint density at radius 2 is 1.80 bits per heavy atom. The third-order valence-corrected chi connectivity index (χ3v) is 6.12. The van der Waals surface area contributed by atoms with Gasteiger partial charge in [-0.15, -0.1) is 10.2 Å². The lowest BCUT2D eigenvalue weighted by molar-refractivity contribution is 0.420. The van der Waals surface area contributed by atoms with Crippen molar-refractivity contribution in [2.24, 2.45) is 0 Å². The number of thioether (sulfide) groups is 1. The molecular formula is C25H16F2N6OS. The number of rotatable bonds is 6. The summed E-state index contributed by atoms with van der Waals surface area (Å²) in [7, 11) is 0. The van der Waals surface area contributed by atoms with Crippen LogP contribution in [-0.2, 0) is 0 Å². The molecule has 2 aromatic heterocycles. The van der Waals surface area contributed by atoms with E-state index in [1.807, 2.05) is 42.5 Å². The van der Waals surface area contributed by atoms with Crippen LogP contribution < -0.4 is 0 Å². The Balaban J connectivity index is 1.52. The van der Waals surface area contributed by atoms with Gasteiger partial charge in [0.05, 0.1) is 22.5 Å². The number of aromatic amines is 1. The number of fused-ring (bicyclic) bond motifs is 1. The predicted molar refractivity (Wildman–Crippen MR) is 129 cm³/mol. The number of halogens is 2. The molecule has 0 spiro atoms. The SMILES string of the molecule is N#CC(=C(O)CSc1nnc(-c2ccccc2)n1-c1ccc(F)cc1F)c1nc2ccccc2[nH]1. The van der Waals surface area contributed by atoms with Crippen molar-refractivity contribution in [2.75, 3.05) is 5.75 Å². The monoisotopic (exact) mass is 486 g/mol. The normalized spacial score (nSPS) is 11.9. The summed E-state index contributed by atoms with van der Waals surface area (Å²) < 4.78 is 29.8. The fourth-order valence-electron chi connectivity index (χ4n) is 3.55. The molecule has 10 heteroatoms. The molecule has 0 unspecified atom stereocenters. The highest BCUT2D eigenvalue weighted by molar-refractivity contribution is 7.99. The maximum Gasteiger partial charge on any atom is 0.196 e. The van der Waals surface area contributed by atoms with Crippen LogP contribution in [0.1, 0.15) is 5.82 Å². The topological polar surface area (TPSA) is 103 Å². The van der Waals surface area contributed by atoms with Crippen molar-refractivity contribution < 1.29 is 13.9 Å². The molecule has 5 aromatic rings. The highest BCUT2D eigenvalue weighted by atomic mass is 32.2. The lowest BCUT2D eigenvalue weighted by Gasteiger charge is -2.11. The predicted octanol–water partition coefficient (Wildman–Crippen LogP) is 5.67. The van der Waals surface area contributed by atoms with Gasteiger partial charge in [0, 0.05) is 11.6 Å². The first-order chi connectivity index (χ1) is 17.0. The van der Waals surface area contributed by atoms with Gasteiger partial charge in [-0.2, -0.15) is 5.26 Å². The van der Waals surface area contributed by atoms with Gasteiger partial charge in [-0.3, -0.25) is 4.57 Å². The Labute approximate surface area is 202 Å². The van der Waals surface area contributed by atoms with E-state index in [-0.39, 0.29) is 33.8 Å². The van der Waals surface area contributed by atoms with Gasteiger partial charge in [0.15, 0.2) is 16.8 Å². The molecule has 0 atom stereocenters. The summed E-state index contributed by atoms with van der Waals surface area (Å²) in [5, 5.41) is 29.0. The van der Waals surface area contributed by atoms with E-state index in [9.17, 15) is 19.1 Å². The summed E-state index contributed by atoms with van der Waals surface area (Å²) in [6.45, 7) is 0. The second-order valence-corrected chi connectivity index (χ2v) is 8.37. The van der Waals surface area contributed by atoms with E-state index in [1.54, 1.807) is 18.2 Å². The van der Waals surface area contributed by atoms with Gasteiger partial charge in [0.25, 0.3) is 0 Å². The first-order valence-corrected chi connectivity index (χ1v) is 11.4. The minimum atomic E-state index is -0.788. The van der Waals surface area contributed by atoms with Crippen molar-refractivity contribution in [3.8, 4) is 23.1 Å². The number of nitrogens with zero attached hydrogens (tertiary/aromatic N) is 5. The fourth-order valence-corrected chi connectivity index (χ4v) is 4.37. The number of nitriles is 1. The number of allylic oxidation sites excluding steroid dienone is 1. The molecule has 0 amide bonds. The molecule has 35 heavy (non-hydrogen) atoms. The first-order valence-electron chi connectivity index (χ1n) is 10.4. The van der Waals surface area contributed by atoms with Crippen molar-refractivity contribution >= 4 is 28.4 Å². The van der Waals surface area contributed by atoms with Crippen LogP contribution in [0, 0.1) is 23.0 Å². The standard InChI is InChI=1S/C25H16F2N6OS/c26-16-10-11-21(18(27)12-16)33-24(15-6-2-1-3-7-15)31-32-25(33)35-14-22(34)17(13-28)23-29-19-8-4-5-9-20(19)30-23/h1-12,34H,14H2,(H,29,30). The minimum Gasteiger partial charge on any atom is -0.510 e. The molecule has 5 rings (SSSR count). The number of imidazole rings is 1. The third-order valence-electron chi connectivity index (χ3n) is 5.18. The average Bonchev–Trinajstić information content (AvgIpc) is 3.48. The molecular weight excluding hydrogens is 470 g/mol. The first kappa shape index (κ1) is 22.3. The van der Waals surface area contributed by atoms with Crippen molar-refractivity contribution in [2.45, 2.75) is 5.16 Å². The second-order valence-electron chi connectivity index (χ2n) is 7.43. The van der Waals surface area contributed by atoms with Crippen LogP contribution in [0.15, 0.2) is 83.7 Å². The number of hydrogen-bond donors (Lipinski definition) is 2. The number of H-pyrrole nitrogens is 1. The maximum atomic E-state index is 14.8. The van der Waals surface area contributed by atoms with Gasteiger partial charge in [-0.1, -0.05) is 54.2 Å². The van der Waals surface area contributed by atoms with Crippen LogP contribution in [0.3, 0.4) is 0 Å². The minimum absolute atomic E-state index is 0.0176. The van der Waals surface area contributed by atoms with Crippen LogP contribution >= 0.6 is 11.8 Å². The van der Waals surface area contributed by atoms with Crippen LogP contribution in [0.25, 0.3) is 33.7 Å². The van der Waals surface area contributed by atoms with Gasteiger partial charge in [0.1, 0.15) is 29.0 Å². The Hall–Kier alpha value is -4.49. The quantitative estimate of drug-likeness (QED) is 0.182. The molecule has 0 fully saturated rings. The summed E-state index contributed by atoms with van der Waals surface area (Å²) in [5.41, 5.74) is 2.11. The van der Waals surface area contributed by atoms with Crippen molar-refractivity contribution in [3.05, 3.63) is 96.0 Å². The molecule has 2 N–H and O–H groups in total. The molecule has 0 saturated heterocycles. The van der Waals surface area contributed by atoms with Crippen molar-refractivity contribution in [1.29, 1.82) is 5.26 Å². The number of hydrogen-bond acceptors (Lipinski definition) is 6. The molecule has 0 saturated carbocycles. The molecule has 0 aliphatic heterocycles. The lowest BCUT2D eigenvalue weighted by Crippen LogP contribution is -2.04. The molecule has 0 bridgehead atoms. The zero-order valence-electron chi connectivity index (χ0n) is 18.0. The Bertz CT molecular complexity index is 1570. The number of aromatic nitrogens is 5. The van der Waals surface area contributed by atoms with Gasteiger partial charge < -0.3 is 10.1 Å². The average molecular weight is 487 g/mol. The van der Waals surface area contributed by atoms with E-state index in [0.717, 1.165) is 29.4 Å². The van der Waals surface area contributed by atoms with Crippen molar-refractivity contribution in [3.63, 3.8) is 0 Å². The Morgan fingerprint density at radius 3 is 2.54 bits per heavy atom. The maximum absolute atomic E-state index is 14.8. The highest BCUT2D eigenvalue weighted by Crippen LogP contribution is 2.31. The van der Waals surface area contributed by atoms with E-state index < -0.39 is 11.6 Å². The summed E-state index contributed by atoms with van der Waals surface area (Å²) in [4.78, 5) is 7.39. The molecule has 7 nitrogen and oxygen atoms in total. The van der Waals surface area contributed by atoms with Crippen LogP contribution in [0.4, 0.5) is 8.78 Å². The summed E-state index contributed by atoms with van der Waals surface area (Å²) in [6, 6.07) is 21.5. The molecule has 0 aliphatic carbocycles. The molecule has 0 radical (unpaired) electrons. The van der Waals surface area contributed by atoms with E-state index >= 15 is 0 Å². The van der Waals surface area contributed by atoms with Crippen LogP contribution in [0.5, 0.6) is 0 Å². The summed E-state index contributed by atoms with van der Waals surface area (Å²) >= 11 is 1.05. The number of aliphatic hydroxyl groups excluding tert-OH is 1. The fraction of sp³-hybridized carbons (Fsp3) is 0.0400. The largest absolute Gasteiger partial charge is 0.510 e. The molecule has 3 aromatic carbocycles. The molecule has 172 valence electrons. The van der Waals surface area contributed by atoms with Crippen LogP contribution in [0.2, 0.25) is 0 Å². The molecule has 2 heterocycles. The van der Waals surface area contributed by atoms with Gasteiger partial charge in [0.2, 0.25) is 0 Å². The number of aliphatic hydroxyl groups is 1. The number of para-hydroxylation sites is 2. The lowest BCUT2D eigenvalue weighted by atomic mass is 10.2. The van der Waals surface area contributed by atoms with E-state index in [1.165, 1.54) is 10.6 Å². The Morgan fingerprint density at radius 1 is 1.03 bits per heavy atom.